The molecule has 2 heterocycles. The molecule has 1 aliphatic heterocycles. The molecule has 1 fully saturated rings. The highest BCUT2D eigenvalue weighted by atomic mass is 35.5. The van der Waals surface area contributed by atoms with Crippen molar-refractivity contribution in [2.45, 2.75) is 19.3 Å². The molecule has 9 heteroatoms. The van der Waals surface area contributed by atoms with Crippen molar-refractivity contribution in [1.82, 2.24) is 9.97 Å². The van der Waals surface area contributed by atoms with Crippen LogP contribution in [-0.4, -0.2) is 41.2 Å². The Morgan fingerprint density at radius 1 is 1.40 bits per heavy atom. The van der Waals surface area contributed by atoms with E-state index >= 15 is 0 Å². The number of hydrogen-bond donors (Lipinski definition) is 1. The van der Waals surface area contributed by atoms with Gasteiger partial charge in [-0.2, -0.15) is 0 Å². The molecule has 0 saturated carbocycles. The van der Waals surface area contributed by atoms with Crippen LogP contribution in [0.4, 0.5) is 5.82 Å². The van der Waals surface area contributed by atoms with Crippen LogP contribution in [0.3, 0.4) is 0 Å². The third-order valence-electron chi connectivity index (χ3n) is 4.60. The first-order chi connectivity index (χ1) is 11.9. The van der Waals surface area contributed by atoms with Gasteiger partial charge in [0.25, 0.3) is 0 Å². The van der Waals surface area contributed by atoms with E-state index in [9.17, 15) is 9.46 Å². The first-order valence-corrected chi connectivity index (χ1v) is 10.3. The fourth-order valence-electron chi connectivity index (χ4n) is 3.28. The largest absolute Gasteiger partial charge is 0.779 e. The fourth-order valence-corrected chi connectivity index (χ4v) is 4.18. The number of ether oxygens (including phenoxy) is 1. The molecule has 1 aliphatic rings. The summed E-state index contributed by atoms with van der Waals surface area (Å²) in [5.41, 5.74) is 0.714. The maximum absolute atomic E-state index is 10.9. The number of piperidine rings is 1. The Labute approximate surface area is 151 Å². The van der Waals surface area contributed by atoms with E-state index < -0.39 is 7.60 Å². The first-order valence-electron chi connectivity index (χ1n) is 8.13. The number of anilines is 1. The van der Waals surface area contributed by atoms with Gasteiger partial charge in [0.15, 0.2) is 0 Å². The number of methoxy groups -OCH3 is 1. The number of nitrogens with zero attached hydrogens (tertiary/aromatic N) is 3. The highest BCUT2D eigenvalue weighted by molar-refractivity contribution is 7.50. The van der Waals surface area contributed by atoms with Crippen molar-refractivity contribution < 1.29 is 19.1 Å². The van der Waals surface area contributed by atoms with E-state index in [2.05, 4.69) is 14.9 Å². The summed E-state index contributed by atoms with van der Waals surface area (Å²) in [6.45, 7) is 1.53. The van der Waals surface area contributed by atoms with Crippen LogP contribution in [-0.2, 0) is 4.57 Å². The van der Waals surface area contributed by atoms with Gasteiger partial charge < -0.3 is 24.0 Å². The van der Waals surface area contributed by atoms with Gasteiger partial charge in [0, 0.05) is 35.7 Å². The van der Waals surface area contributed by atoms with Crippen LogP contribution in [0.25, 0.3) is 10.9 Å². The predicted octanol–water partition coefficient (Wildman–Crippen LogP) is 2.44. The second kappa shape index (κ2) is 7.46. The van der Waals surface area contributed by atoms with Gasteiger partial charge in [0.1, 0.15) is 31.0 Å². The molecule has 136 valence electrons. The summed E-state index contributed by atoms with van der Waals surface area (Å²) < 4.78 is 16.3. The second-order valence-electron chi connectivity index (χ2n) is 6.28. The van der Waals surface area contributed by atoms with Crippen LogP contribution >= 0.6 is 19.2 Å². The van der Waals surface area contributed by atoms with Gasteiger partial charge in [-0.1, -0.05) is 11.6 Å². The van der Waals surface area contributed by atoms with Gasteiger partial charge in [0.05, 0.1) is 7.11 Å². The molecule has 0 amide bonds. The molecule has 0 radical (unpaired) electrons. The first kappa shape index (κ1) is 18.4. The van der Waals surface area contributed by atoms with Crippen LogP contribution in [0.1, 0.15) is 19.3 Å². The van der Waals surface area contributed by atoms with E-state index in [1.165, 1.54) is 6.33 Å². The topological polar surface area (TPSA) is 98.6 Å². The second-order valence-corrected chi connectivity index (χ2v) is 8.44. The highest BCUT2D eigenvalue weighted by Gasteiger charge is 2.23. The molecule has 0 aliphatic carbocycles. The Kier molecular flexibility index (Phi) is 5.49. The summed E-state index contributed by atoms with van der Waals surface area (Å²) in [5.74, 6) is 1.70. The van der Waals surface area contributed by atoms with Gasteiger partial charge >= 0.3 is 0 Å². The van der Waals surface area contributed by atoms with Gasteiger partial charge in [-0.05, 0) is 31.2 Å². The van der Waals surface area contributed by atoms with Gasteiger partial charge in [0.2, 0.25) is 0 Å². The van der Waals surface area contributed by atoms with Gasteiger partial charge in [-0.3, -0.25) is 0 Å². The van der Waals surface area contributed by atoms with E-state index in [0.717, 1.165) is 37.1 Å². The summed E-state index contributed by atoms with van der Waals surface area (Å²) >= 11 is 6.19. The van der Waals surface area contributed by atoms with E-state index in [4.69, 9.17) is 21.2 Å². The molecule has 1 aromatic heterocycles. The lowest BCUT2D eigenvalue weighted by molar-refractivity contribution is -0.193. The number of aromatic nitrogens is 2. The summed E-state index contributed by atoms with van der Waals surface area (Å²) in [5, 5.41) is 1.40. The van der Waals surface area contributed by atoms with Crippen molar-refractivity contribution in [3.05, 3.63) is 23.5 Å². The highest BCUT2D eigenvalue weighted by Crippen LogP contribution is 2.36. The van der Waals surface area contributed by atoms with Crippen LogP contribution in [0.15, 0.2) is 18.5 Å². The Hall–Kier alpha value is -1.40. The number of fused-ring (bicyclic) bond motifs is 1. The third-order valence-corrected chi connectivity index (χ3v) is 5.64. The maximum atomic E-state index is 10.9. The van der Waals surface area contributed by atoms with Crippen molar-refractivity contribution >= 4 is 35.9 Å². The molecule has 7 nitrogen and oxygen atoms in total. The lowest BCUT2D eigenvalue weighted by atomic mass is 9.94. The Bertz CT molecular complexity index is 805. The number of benzene rings is 1. The third kappa shape index (κ3) is 4.42. The maximum Gasteiger partial charge on any atom is 0.146 e. The molecule has 1 saturated heterocycles. The molecule has 3 rings (SSSR count). The van der Waals surface area contributed by atoms with Crippen molar-refractivity contribution in [3.63, 3.8) is 0 Å². The monoisotopic (exact) mass is 384 g/mol. The SMILES string of the molecule is COc1cc(Cl)cc2c(N3CCC(CCP(=O)([O-])O)CC3)ncnc12. The lowest BCUT2D eigenvalue weighted by Crippen LogP contribution is -2.34. The molecular weight excluding hydrogens is 365 g/mol. The molecular formula is C16H20ClN3O4P-. The lowest BCUT2D eigenvalue weighted by Gasteiger charge is -2.34. The molecule has 0 spiro atoms. The molecule has 0 bridgehead atoms. The number of hydrogen-bond acceptors (Lipinski definition) is 6. The van der Waals surface area contributed by atoms with Crippen LogP contribution < -0.4 is 14.5 Å². The average Bonchev–Trinajstić information content (AvgIpc) is 2.58. The zero-order valence-electron chi connectivity index (χ0n) is 13.9. The standard InChI is InChI=1S/C16H21ClN3O4P/c1-24-14-9-12(17)8-13-15(14)18-10-19-16(13)20-5-2-11(3-6-20)4-7-25(21,22)23/h8-11H,2-7H2,1H3,(H2,21,22,23)/p-1. The zero-order valence-corrected chi connectivity index (χ0v) is 15.5. The van der Waals surface area contributed by atoms with Crippen molar-refractivity contribution in [3.8, 4) is 5.75 Å². The van der Waals surface area contributed by atoms with E-state index in [1.807, 2.05) is 6.07 Å². The summed E-state index contributed by atoms with van der Waals surface area (Å²) in [6.07, 6.45) is 3.56. The molecule has 2 aromatic rings. The number of rotatable bonds is 5. The van der Waals surface area contributed by atoms with E-state index in [1.54, 1.807) is 13.2 Å². The number of halogens is 1. The van der Waals surface area contributed by atoms with E-state index in [0.29, 0.717) is 22.7 Å². The van der Waals surface area contributed by atoms with Crippen LogP contribution in [0.5, 0.6) is 5.75 Å². The summed E-state index contributed by atoms with van der Waals surface area (Å²) in [6, 6.07) is 3.56. The van der Waals surface area contributed by atoms with Crippen LogP contribution in [0.2, 0.25) is 5.02 Å². The molecule has 1 atom stereocenters. The van der Waals surface area contributed by atoms with Gasteiger partial charge in [-0.25, -0.2) is 9.97 Å². The quantitative estimate of drug-likeness (QED) is 0.790. The Balaban J connectivity index is 1.78. The van der Waals surface area contributed by atoms with E-state index in [-0.39, 0.29) is 12.1 Å². The van der Waals surface area contributed by atoms with Gasteiger partial charge in [-0.15, -0.1) is 0 Å². The van der Waals surface area contributed by atoms with Crippen LogP contribution in [0, 0.1) is 5.92 Å². The normalized spacial score (nSPS) is 18.3. The molecule has 25 heavy (non-hydrogen) atoms. The Morgan fingerprint density at radius 2 is 2.12 bits per heavy atom. The smallest absolute Gasteiger partial charge is 0.146 e. The van der Waals surface area contributed by atoms with Crippen molar-refractivity contribution in [1.29, 1.82) is 0 Å². The minimum Gasteiger partial charge on any atom is -0.779 e. The predicted molar refractivity (Wildman–Crippen MR) is 95.3 cm³/mol. The minimum atomic E-state index is -4.17. The summed E-state index contributed by atoms with van der Waals surface area (Å²) in [4.78, 5) is 30.7. The molecule has 1 aromatic carbocycles. The molecule has 1 unspecified atom stereocenters. The summed E-state index contributed by atoms with van der Waals surface area (Å²) in [7, 11) is -2.59. The zero-order chi connectivity index (χ0) is 18.0. The minimum absolute atomic E-state index is 0.152. The molecule has 1 N–H and O–H groups in total. The Morgan fingerprint density at radius 3 is 2.76 bits per heavy atom. The van der Waals surface area contributed by atoms with Crippen molar-refractivity contribution in [2.24, 2.45) is 5.92 Å². The fraction of sp³-hybridized carbons (Fsp3) is 0.500. The average molecular weight is 385 g/mol. The van der Waals surface area contributed by atoms with Crippen molar-refractivity contribution in [2.75, 3.05) is 31.3 Å².